The number of ether oxygens (including phenoxy) is 1. The van der Waals surface area contributed by atoms with Crippen molar-refractivity contribution in [2.24, 2.45) is 5.92 Å². The van der Waals surface area contributed by atoms with Crippen LogP contribution < -0.4 is 10.1 Å². The van der Waals surface area contributed by atoms with E-state index in [4.69, 9.17) is 14.9 Å². The summed E-state index contributed by atoms with van der Waals surface area (Å²) in [6.45, 7) is 1.93. The van der Waals surface area contributed by atoms with Crippen molar-refractivity contribution in [2.45, 2.75) is 13.3 Å². The second-order valence-corrected chi connectivity index (χ2v) is 4.20. The zero-order valence-electron chi connectivity index (χ0n) is 10.8. The first-order valence-corrected chi connectivity index (χ1v) is 5.77. The molecule has 1 aromatic rings. The number of carbonyl (C=O) groups is 2. The van der Waals surface area contributed by atoms with Crippen LogP contribution in [0.3, 0.4) is 0 Å². The molecule has 1 aromatic carbocycles. The quantitative estimate of drug-likeness (QED) is 0.694. The highest BCUT2D eigenvalue weighted by Crippen LogP contribution is 2.21. The van der Waals surface area contributed by atoms with Crippen LogP contribution in [0.4, 0.5) is 5.69 Å². The van der Waals surface area contributed by atoms with Crippen LogP contribution in [-0.2, 0) is 9.59 Å². The lowest BCUT2D eigenvalue weighted by Crippen LogP contribution is -2.25. The Hall–Kier alpha value is -2.24. The number of aliphatic carboxylic acids is 2. The first-order valence-electron chi connectivity index (χ1n) is 5.77. The van der Waals surface area contributed by atoms with E-state index in [-0.39, 0.29) is 6.54 Å². The van der Waals surface area contributed by atoms with Crippen LogP contribution in [-0.4, -0.2) is 35.8 Å². The smallest absolute Gasteiger partial charge is 0.308 e. The molecular weight excluding hydrogens is 250 g/mol. The van der Waals surface area contributed by atoms with Gasteiger partial charge in [0.2, 0.25) is 0 Å². The SMILES string of the molecule is COc1ccc(NCC(CC(=O)O)C(=O)O)cc1C. The predicted octanol–water partition coefficient (Wildman–Crippen LogP) is 1.59. The highest BCUT2D eigenvalue weighted by atomic mass is 16.5. The normalized spacial score (nSPS) is 11.7. The molecule has 0 fully saturated rings. The summed E-state index contributed by atoms with van der Waals surface area (Å²) in [5.41, 5.74) is 1.65. The Morgan fingerprint density at radius 3 is 2.53 bits per heavy atom. The number of anilines is 1. The first-order chi connectivity index (χ1) is 8.93. The van der Waals surface area contributed by atoms with Crippen molar-refractivity contribution >= 4 is 17.6 Å². The van der Waals surface area contributed by atoms with Gasteiger partial charge in [0.1, 0.15) is 5.75 Å². The summed E-state index contributed by atoms with van der Waals surface area (Å²) in [5, 5.41) is 20.5. The molecule has 0 saturated carbocycles. The summed E-state index contributed by atoms with van der Waals surface area (Å²) >= 11 is 0. The number of aryl methyl sites for hydroxylation is 1. The molecule has 0 aliphatic rings. The largest absolute Gasteiger partial charge is 0.496 e. The van der Waals surface area contributed by atoms with Crippen LogP contribution in [0.2, 0.25) is 0 Å². The molecule has 0 spiro atoms. The predicted molar refractivity (Wildman–Crippen MR) is 69.6 cm³/mol. The fraction of sp³-hybridized carbons (Fsp3) is 0.385. The average molecular weight is 267 g/mol. The summed E-state index contributed by atoms with van der Waals surface area (Å²) in [4.78, 5) is 21.5. The number of benzene rings is 1. The molecule has 0 saturated heterocycles. The zero-order valence-corrected chi connectivity index (χ0v) is 10.8. The second kappa shape index (κ2) is 6.63. The van der Waals surface area contributed by atoms with Crippen molar-refractivity contribution in [3.05, 3.63) is 23.8 Å². The van der Waals surface area contributed by atoms with Crippen LogP contribution in [0.25, 0.3) is 0 Å². The summed E-state index contributed by atoms with van der Waals surface area (Å²) in [5.74, 6) is -2.47. The van der Waals surface area contributed by atoms with Crippen molar-refractivity contribution in [3.63, 3.8) is 0 Å². The number of carboxylic acids is 2. The van der Waals surface area contributed by atoms with Gasteiger partial charge < -0.3 is 20.3 Å². The third-order valence-electron chi connectivity index (χ3n) is 2.72. The Morgan fingerprint density at radius 1 is 1.37 bits per heavy atom. The molecule has 0 bridgehead atoms. The van der Waals surface area contributed by atoms with Gasteiger partial charge in [-0.25, -0.2) is 0 Å². The van der Waals surface area contributed by atoms with E-state index in [0.717, 1.165) is 17.0 Å². The molecule has 0 aliphatic carbocycles. The Morgan fingerprint density at radius 2 is 2.05 bits per heavy atom. The number of methoxy groups -OCH3 is 1. The van der Waals surface area contributed by atoms with E-state index < -0.39 is 24.3 Å². The monoisotopic (exact) mass is 267 g/mol. The second-order valence-electron chi connectivity index (χ2n) is 4.20. The maximum absolute atomic E-state index is 10.9. The van der Waals surface area contributed by atoms with Gasteiger partial charge in [-0.1, -0.05) is 0 Å². The lowest BCUT2D eigenvalue weighted by Gasteiger charge is -2.13. The van der Waals surface area contributed by atoms with Gasteiger partial charge in [-0.05, 0) is 30.7 Å². The van der Waals surface area contributed by atoms with E-state index in [0.29, 0.717) is 0 Å². The van der Waals surface area contributed by atoms with Crippen LogP contribution in [0.15, 0.2) is 18.2 Å². The van der Waals surface area contributed by atoms with Gasteiger partial charge in [0.05, 0.1) is 19.4 Å². The molecule has 1 unspecified atom stereocenters. The number of hydrogen-bond acceptors (Lipinski definition) is 4. The molecule has 0 amide bonds. The average Bonchev–Trinajstić information content (AvgIpc) is 2.34. The summed E-state index contributed by atoms with van der Waals surface area (Å²) in [7, 11) is 1.57. The van der Waals surface area contributed by atoms with Gasteiger partial charge in [0.15, 0.2) is 0 Å². The Kier molecular flexibility index (Phi) is 5.17. The molecule has 19 heavy (non-hydrogen) atoms. The maximum Gasteiger partial charge on any atom is 0.308 e. The molecule has 0 aliphatic heterocycles. The van der Waals surface area contributed by atoms with E-state index >= 15 is 0 Å². The number of hydrogen-bond donors (Lipinski definition) is 3. The molecule has 0 aromatic heterocycles. The molecule has 6 heteroatoms. The minimum Gasteiger partial charge on any atom is -0.496 e. The number of rotatable bonds is 7. The van der Waals surface area contributed by atoms with Crippen LogP contribution in [0.1, 0.15) is 12.0 Å². The van der Waals surface area contributed by atoms with Gasteiger partial charge in [-0.15, -0.1) is 0 Å². The van der Waals surface area contributed by atoms with E-state index in [1.54, 1.807) is 19.2 Å². The van der Waals surface area contributed by atoms with Gasteiger partial charge in [-0.3, -0.25) is 9.59 Å². The third-order valence-corrected chi connectivity index (χ3v) is 2.72. The Labute approximate surface area is 111 Å². The topological polar surface area (TPSA) is 95.9 Å². The summed E-state index contributed by atoms with van der Waals surface area (Å²) < 4.78 is 5.12. The molecule has 1 rings (SSSR count). The number of carboxylic acid groups (broad SMARTS) is 2. The fourth-order valence-electron chi connectivity index (χ4n) is 1.69. The van der Waals surface area contributed by atoms with Gasteiger partial charge in [-0.2, -0.15) is 0 Å². The minimum atomic E-state index is -1.12. The Bertz CT molecular complexity index is 472. The van der Waals surface area contributed by atoms with E-state index in [2.05, 4.69) is 5.32 Å². The molecular formula is C13H17NO5. The minimum absolute atomic E-state index is 0.0629. The van der Waals surface area contributed by atoms with E-state index in [1.165, 1.54) is 0 Å². The highest BCUT2D eigenvalue weighted by Gasteiger charge is 2.20. The summed E-state index contributed by atoms with van der Waals surface area (Å²) in [6.07, 6.45) is -0.405. The van der Waals surface area contributed by atoms with Crippen LogP contribution in [0.5, 0.6) is 5.75 Å². The lowest BCUT2D eigenvalue weighted by atomic mass is 10.1. The molecule has 3 N–H and O–H groups in total. The van der Waals surface area contributed by atoms with Gasteiger partial charge in [0, 0.05) is 12.2 Å². The van der Waals surface area contributed by atoms with Crippen LogP contribution >= 0.6 is 0 Å². The Balaban J connectivity index is 2.66. The van der Waals surface area contributed by atoms with Gasteiger partial charge >= 0.3 is 11.9 Å². The molecule has 0 heterocycles. The van der Waals surface area contributed by atoms with Crippen molar-refractivity contribution in [1.82, 2.24) is 0 Å². The zero-order chi connectivity index (χ0) is 14.4. The van der Waals surface area contributed by atoms with Gasteiger partial charge in [0.25, 0.3) is 0 Å². The first kappa shape index (κ1) is 14.8. The molecule has 104 valence electrons. The third kappa shape index (κ3) is 4.50. The molecule has 0 radical (unpaired) electrons. The highest BCUT2D eigenvalue weighted by molar-refractivity contribution is 5.78. The van der Waals surface area contributed by atoms with Crippen molar-refractivity contribution in [2.75, 3.05) is 19.0 Å². The number of nitrogens with one attached hydrogen (secondary N) is 1. The molecule has 6 nitrogen and oxygen atoms in total. The van der Waals surface area contributed by atoms with E-state index in [9.17, 15) is 9.59 Å². The lowest BCUT2D eigenvalue weighted by molar-refractivity contribution is -0.147. The van der Waals surface area contributed by atoms with Crippen molar-refractivity contribution < 1.29 is 24.5 Å². The van der Waals surface area contributed by atoms with Crippen molar-refractivity contribution in [1.29, 1.82) is 0 Å². The van der Waals surface area contributed by atoms with Crippen molar-refractivity contribution in [3.8, 4) is 5.75 Å². The van der Waals surface area contributed by atoms with E-state index in [1.807, 2.05) is 13.0 Å². The van der Waals surface area contributed by atoms with Crippen LogP contribution in [0, 0.1) is 12.8 Å². The fourth-order valence-corrected chi connectivity index (χ4v) is 1.69. The standard InChI is InChI=1S/C13H17NO5/c1-8-5-10(3-4-11(8)19-2)14-7-9(13(17)18)6-12(15)16/h3-5,9,14H,6-7H2,1-2H3,(H,15,16)(H,17,18). The molecule has 1 atom stereocenters. The summed E-state index contributed by atoms with van der Waals surface area (Å²) in [6, 6.07) is 5.34. The maximum atomic E-state index is 10.9.